The number of amides is 2. The molecule has 2 amide bonds. The number of hydrogen-bond donors (Lipinski definition) is 2. The van der Waals surface area contributed by atoms with Gasteiger partial charge in [-0.3, -0.25) is 9.59 Å². The predicted octanol–water partition coefficient (Wildman–Crippen LogP) is 2.01. The van der Waals surface area contributed by atoms with Crippen LogP contribution in [0.2, 0.25) is 5.02 Å². The predicted molar refractivity (Wildman–Crippen MR) is 98.6 cm³/mol. The first-order chi connectivity index (χ1) is 12.5. The van der Waals surface area contributed by atoms with Gasteiger partial charge in [-0.15, -0.1) is 0 Å². The van der Waals surface area contributed by atoms with Crippen molar-refractivity contribution >= 4 is 29.4 Å². The SMILES string of the molecule is CCOC(=O)/C=C/C(CC1CCNC1=O)NC(=O)Cc1cccc(Cl)c1. The average Bonchev–Trinajstić information content (AvgIpc) is 2.98. The Balaban J connectivity index is 2.00. The molecule has 0 saturated carbocycles. The molecule has 2 atom stereocenters. The Kier molecular flexibility index (Phi) is 7.66. The first-order valence-electron chi connectivity index (χ1n) is 8.64. The number of rotatable bonds is 8. The fourth-order valence-corrected chi connectivity index (χ4v) is 3.05. The summed E-state index contributed by atoms with van der Waals surface area (Å²) in [6, 6.07) is 6.65. The number of benzene rings is 1. The van der Waals surface area contributed by atoms with E-state index in [1.54, 1.807) is 31.2 Å². The maximum atomic E-state index is 12.4. The molecule has 26 heavy (non-hydrogen) atoms. The Hall–Kier alpha value is -2.34. The van der Waals surface area contributed by atoms with Crippen LogP contribution in [0, 0.1) is 5.92 Å². The summed E-state index contributed by atoms with van der Waals surface area (Å²) in [4.78, 5) is 35.7. The van der Waals surface area contributed by atoms with E-state index < -0.39 is 12.0 Å². The second-order valence-electron chi connectivity index (χ2n) is 6.10. The molecule has 1 aliphatic heterocycles. The molecule has 2 unspecified atom stereocenters. The van der Waals surface area contributed by atoms with Gasteiger partial charge in [0.1, 0.15) is 0 Å². The van der Waals surface area contributed by atoms with Gasteiger partial charge in [-0.05, 0) is 37.5 Å². The summed E-state index contributed by atoms with van der Waals surface area (Å²) >= 11 is 5.94. The van der Waals surface area contributed by atoms with Gasteiger partial charge in [0.05, 0.1) is 13.0 Å². The van der Waals surface area contributed by atoms with E-state index in [4.69, 9.17) is 16.3 Å². The lowest BCUT2D eigenvalue weighted by atomic mass is 9.97. The maximum absolute atomic E-state index is 12.4. The van der Waals surface area contributed by atoms with E-state index in [1.807, 2.05) is 6.07 Å². The Bertz CT molecular complexity index is 690. The molecule has 1 aliphatic rings. The molecule has 1 fully saturated rings. The van der Waals surface area contributed by atoms with Crippen LogP contribution in [-0.4, -0.2) is 37.0 Å². The Morgan fingerprint density at radius 1 is 1.46 bits per heavy atom. The molecule has 1 aromatic rings. The quantitative estimate of drug-likeness (QED) is 0.535. The highest BCUT2D eigenvalue weighted by molar-refractivity contribution is 6.30. The van der Waals surface area contributed by atoms with Crippen LogP contribution < -0.4 is 10.6 Å². The molecule has 2 rings (SSSR count). The Morgan fingerprint density at radius 2 is 2.27 bits per heavy atom. The summed E-state index contributed by atoms with van der Waals surface area (Å²) in [5, 5.41) is 6.22. The summed E-state index contributed by atoms with van der Waals surface area (Å²) in [6.45, 7) is 2.63. The molecule has 1 saturated heterocycles. The first kappa shape index (κ1) is 20.0. The minimum atomic E-state index is -0.475. The highest BCUT2D eigenvalue weighted by Gasteiger charge is 2.27. The van der Waals surface area contributed by atoms with Gasteiger partial charge in [0.15, 0.2) is 0 Å². The molecule has 0 radical (unpaired) electrons. The van der Waals surface area contributed by atoms with Gasteiger partial charge in [0, 0.05) is 29.6 Å². The zero-order chi connectivity index (χ0) is 18.9. The zero-order valence-corrected chi connectivity index (χ0v) is 15.4. The third-order valence-corrected chi connectivity index (χ3v) is 4.29. The number of halogens is 1. The van der Waals surface area contributed by atoms with Crippen LogP contribution in [0.5, 0.6) is 0 Å². The van der Waals surface area contributed by atoms with Gasteiger partial charge in [-0.25, -0.2) is 4.79 Å². The van der Waals surface area contributed by atoms with Crippen molar-refractivity contribution in [2.75, 3.05) is 13.2 Å². The van der Waals surface area contributed by atoms with Crippen LogP contribution in [0.25, 0.3) is 0 Å². The molecule has 0 aromatic heterocycles. The van der Waals surface area contributed by atoms with Crippen LogP contribution in [0.4, 0.5) is 0 Å². The van der Waals surface area contributed by atoms with E-state index in [2.05, 4.69) is 10.6 Å². The highest BCUT2D eigenvalue weighted by Crippen LogP contribution is 2.17. The van der Waals surface area contributed by atoms with E-state index in [-0.39, 0.29) is 30.8 Å². The van der Waals surface area contributed by atoms with Crippen LogP contribution in [0.15, 0.2) is 36.4 Å². The number of carbonyl (C=O) groups excluding carboxylic acids is 3. The molecule has 0 bridgehead atoms. The third kappa shape index (κ3) is 6.52. The van der Waals surface area contributed by atoms with Crippen molar-refractivity contribution in [1.29, 1.82) is 0 Å². The summed E-state index contributed by atoms with van der Waals surface area (Å²) < 4.78 is 4.86. The van der Waals surface area contributed by atoms with E-state index >= 15 is 0 Å². The monoisotopic (exact) mass is 378 g/mol. The van der Waals surface area contributed by atoms with Gasteiger partial charge in [0.2, 0.25) is 11.8 Å². The second kappa shape index (κ2) is 9.97. The number of hydrogen-bond acceptors (Lipinski definition) is 4. The van der Waals surface area contributed by atoms with E-state index in [9.17, 15) is 14.4 Å². The van der Waals surface area contributed by atoms with Crippen molar-refractivity contribution < 1.29 is 19.1 Å². The van der Waals surface area contributed by atoms with Gasteiger partial charge in [-0.2, -0.15) is 0 Å². The Morgan fingerprint density at radius 3 is 2.92 bits per heavy atom. The number of carbonyl (C=O) groups is 3. The molecule has 1 aromatic carbocycles. The maximum Gasteiger partial charge on any atom is 0.330 e. The fraction of sp³-hybridized carbons (Fsp3) is 0.421. The van der Waals surface area contributed by atoms with Crippen LogP contribution >= 0.6 is 11.6 Å². The Labute approximate surface area is 157 Å². The van der Waals surface area contributed by atoms with E-state index in [0.29, 0.717) is 24.4 Å². The second-order valence-corrected chi connectivity index (χ2v) is 6.54. The zero-order valence-electron chi connectivity index (χ0n) is 14.7. The minimum Gasteiger partial charge on any atom is -0.463 e. The highest BCUT2D eigenvalue weighted by atomic mass is 35.5. The summed E-state index contributed by atoms with van der Waals surface area (Å²) in [7, 11) is 0. The number of ether oxygens (including phenoxy) is 1. The topological polar surface area (TPSA) is 84.5 Å². The average molecular weight is 379 g/mol. The van der Waals surface area contributed by atoms with Gasteiger partial charge in [-0.1, -0.05) is 29.8 Å². The van der Waals surface area contributed by atoms with Crippen molar-refractivity contribution in [3.05, 3.63) is 47.0 Å². The molecule has 0 aliphatic carbocycles. The van der Waals surface area contributed by atoms with Crippen molar-refractivity contribution in [1.82, 2.24) is 10.6 Å². The number of nitrogens with one attached hydrogen (secondary N) is 2. The molecule has 7 heteroatoms. The lowest BCUT2D eigenvalue weighted by Gasteiger charge is -2.18. The van der Waals surface area contributed by atoms with Gasteiger partial charge in [0.25, 0.3) is 0 Å². The standard InChI is InChI=1S/C19H23ClN2O4/c1-2-26-18(24)7-6-16(12-14-8-9-21-19(14)25)22-17(23)11-13-4-3-5-15(20)10-13/h3-7,10,14,16H,2,8-9,11-12H2,1H3,(H,21,25)(H,22,23)/b7-6+. The fourth-order valence-electron chi connectivity index (χ4n) is 2.84. The third-order valence-electron chi connectivity index (χ3n) is 4.05. The van der Waals surface area contributed by atoms with Crippen molar-refractivity contribution in [2.24, 2.45) is 5.92 Å². The normalized spacial score (nSPS) is 17.8. The largest absolute Gasteiger partial charge is 0.463 e. The minimum absolute atomic E-state index is 0.0244. The summed E-state index contributed by atoms with van der Waals surface area (Å²) in [6.07, 6.45) is 4.19. The van der Waals surface area contributed by atoms with Crippen LogP contribution in [-0.2, 0) is 25.5 Å². The molecule has 140 valence electrons. The van der Waals surface area contributed by atoms with Crippen LogP contribution in [0.1, 0.15) is 25.3 Å². The molecule has 6 nitrogen and oxygen atoms in total. The van der Waals surface area contributed by atoms with Gasteiger partial charge < -0.3 is 15.4 Å². The summed E-state index contributed by atoms with van der Waals surface area (Å²) in [5.74, 6) is -0.886. The lowest BCUT2D eigenvalue weighted by molar-refractivity contribution is -0.137. The van der Waals surface area contributed by atoms with E-state index in [1.165, 1.54) is 6.08 Å². The molecular formula is C19H23ClN2O4. The van der Waals surface area contributed by atoms with Crippen molar-refractivity contribution in [2.45, 2.75) is 32.2 Å². The first-order valence-corrected chi connectivity index (χ1v) is 9.02. The van der Waals surface area contributed by atoms with Crippen LogP contribution in [0.3, 0.4) is 0 Å². The number of esters is 1. The van der Waals surface area contributed by atoms with Gasteiger partial charge >= 0.3 is 5.97 Å². The smallest absolute Gasteiger partial charge is 0.330 e. The summed E-state index contributed by atoms with van der Waals surface area (Å²) in [5.41, 5.74) is 0.793. The lowest BCUT2D eigenvalue weighted by Crippen LogP contribution is -2.37. The molecular weight excluding hydrogens is 356 g/mol. The van der Waals surface area contributed by atoms with Crippen molar-refractivity contribution in [3.8, 4) is 0 Å². The molecule has 1 heterocycles. The van der Waals surface area contributed by atoms with Crippen molar-refractivity contribution in [3.63, 3.8) is 0 Å². The van der Waals surface area contributed by atoms with E-state index in [0.717, 1.165) is 5.56 Å². The molecule has 2 N–H and O–H groups in total. The molecule has 0 spiro atoms.